The van der Waals surface area contributed by atoms with Gasteiger partial charge in [-0.05, 0) is 13.3 Å². The lowest BCUT2D eigenvalue weighted by Gasteiger charge is -2.14. The second kappa shape index (κ2) is 6.86. The number of nitrogens with two attached hydrogens (primary N) is 1. The third-order valence-corrected chi connectivity index (χ3v) is 4.63. The Morgan fingerprint density at radius 3 is 2.86 bits per heavy atom. The molecule has 21 heavy (non-hydrogen) atoms. The summed E-state index contributed by atoms with van der Waals surface area (Å²) in [6.45, 7) is 5.30. The number of nitrogens with one attached hydrogen (secondary N) is 1. The Hall–Kier alpha value is -1.67. The Morgan fingerprint density at radius 2 is 2.24 bits per heavy atom. The molecule has 2 aromatic heterocycles. The second-order valence-electron chi connectivity index (χ2n) is 4.68. The van der Waals surface area contributed by atoms with Gasteiger partial charge in [-0.2, -0.15) is 0 Å². The summed E-state index contributed by atoms with van der Waals surface area (Å²) in [4.78, 5) is 23.1. The van der Waals surface area contributed by atoms with Gasteiger partial charge in [0.15, 0.2) is 5.13 Å². The van der Waals surface area contributed by atoms with E-state index in [-0.39, 0.29) is 11.7 Å². The van der Waals surface area contributed by atoms with Crippen LogP contribution in [0.1, 0.15) is 33.7 Å². The molecule has 2 aromatic rings. The van der Waals surface area contributed by atoms with Crippen molar-refractivity contribution in [3.05, 3.63) is 21.0 Å². The van der Waals surface area contributed by atoms with E-state index in [2.05, 4.69) is 22.2 Å². The first-order valence-corrected chi connectivity index (χ1v) is 8.37. The Labute approximate surface area is 132 Å². The second-order valence-corrected chi connectivity index (χ2v) is 6.74. The Balaban J connectivity index is 2.06. The van der Waals surface area contributed by atoms with Crippen molar-refractivity contribution in [3.63, 3.8) is 0 Å². The van der Waals surface area contributed by atoms with Crippen molar-refractivity contribution in [2.24, 2.45) is 0 Å². The van der Waals surface area contributed by atoms with Crippen molar-refractivity contribution in [1.82, 2.24) is 14.9 Å². The molecule has 0 spiro atoms. The number of nitrogens with zero attached hydrogens (tertiary/aromatic N) is 3. The molecule has 1 amide bonds. The minimum Gasteiger partial charge on any atom is -0.382 e. The van der Waals surface area contributed by atoms with Gasteiger partial charge in [-0.25, -0.2) is 9.97 Å². The predicted molar refractivity (Wildman–Crippen MR) is 88.0 cm³/mol. The Kier molecular flexibility index (Phi) is 5.13. The van der Waals surface area contributed by atoms with E-state index in [1.807, 2.05) is 12.3 Å². The van der Waals surface area contributed by atoms with Gasteiger partial charge in [-0.15, -0.1) is 11.3 Å². The van der Waals surface area contributed by atoms with Crippen LogP contribution in [-0.4, -0.2) is 34.4 Å². The molecule has 0 aliphatic heterocycles. The van der Waals surface area contributed by atoms with Gasteiger partial charge in [0.1, 0.15) is 10.7 Å². The molecule has 2 heterocycles. The van der Waals surface area contributed by atoms with Crippen LogP contribution in [0.4, 0.5) is 10.9 Å². The number of hydrogen-bond donors (Lipinski definition) is 2. The first kappa shape index (κ1) is 15.7. The van der Waals surface area contributed by atoms with E-state index < -0.39 is 0 Å². The monoisotopic (exact) mass is 325 g/mol. The summed E-state index contributed by atoms with van der Waals surface area (Å²) >= 11 is 2.87. The minimum atomic E-state index is -0.125. The Bertz CT molecular complexity index is 622. The lowest BCUT2D eigenvalue weighted by Crippen LogP contribution is -2.26. The fourth-order valence-corrected chi connectivity index (χ4v) is 3.27. The molecule has 0 unspecified atom stereocenters. The van der Waals surface area contributed by atoms with Gasteiger partial charge >= 0.3 is 0 Å². The quantitative estimate of drug-likeness (QED) is 0.853. The molecule has 114 valence electrons. The highest BCUT2D eigenvalue weighted by atomic mass is 32.1. The SMILES string of the molecule is CCCNc1nc(N)c(C(=O)N(C)Cc2csc(C)n2)s1. The van der Waals surface area contributed by atoms with E-state index in [0.29, 0.717) is 16.6 Å². The van der Waals surface area contributed by atoms with Crippen molar-refractivity contribution in [3.8, 4) is 0 Å². The fraction of sp³-hybridized carbons (Fsp3) is 0.462. The van der Waals surface area contributed by atoms with Crippen LogP contribution in [0.2, 0.25) is 0 Å². The average molecular weight is 325 g/mol. The number of anilines is 2. The van der Waals surface area contributed by atoms with Crippen LogP contribution >= 0.6 is 22.7 Å². The van der Waals surface area contributed by atoms with Crippen LogP contribution < -0.4 is 11.1 Å². The molecule has 0 radical (unpaired) electrons. The molecular weight excluding hydrogens is 306 g/mol. The number of thiazole rings is 2. The van der Waals surface area contributed by atoms with Gasteiger partial charge in [-0.3, -0.25) is 4.79 Å². The molecule has 0 saturated carbocycles. The average Bonchev–Trinajstić information content (AvgIpc) is 3.01. The molecule has 6 nitrogen and oxygen atoms in total. The van der Waals surface area contributed by atoms with E-state index in [0.717, 1.165) is 23.7 Å². The predicted octanol–water partition coefficient (Wildman–Crippen LogP) is 2.58. The number of carbonyl (C=O) groups is 1. The van der Waals surface area contributed by atoms with Crippen molar-refractivity contribution in [2.45, 2.75) is 26.8 Å². The van der Waals surface area contributed by atoms with E-state index in [9.17, 15) is 4.79 Å². The summed E-state index contributed by atoms with van der Waals surface area (Å²) < 4.78 is 0. The lowest BCUT2D eigenvalue weighted by molar-refractivity contribution is 0.0789. The highest BCUT2D eigenvalue weighted by Crippen LogP contribution is 2.26. The highest BCUT2D eigenvalue weighted by molar-refractivity contribution is 7.18. The van der Waals surface area contributed by atoms with Crippen LogP contribution in [0.3, 0.4) is 0 Å². The fourth-order valence-electron chi connectivity index (χ4n) is 1.76. The lowest BCUT2D eigenvalue weighted by atomic mass is 10.4. The van der Waals surface area contributed by atoms with Gasteiger partial charge < -0.3 is 16.0 Å². The van der Waals surface area contributed by atoms with Crippen LogP contribution in [-0.2, 0) is 6.54 Å². The number of carbonyl (C=O) groups excluding carboxylic acids is 1. The van der Waals surface area contributed by atoms with Crippen molar-refractivity contribution >= 4 is 39.5 Å². The molecule has 0 saturated heterocycles. The highest BCUT2D eigenvalue weighted by Gasteiger charge is 2.20. The third-order valence-electron chi connectivity index (χ3n) is 2.79. The molecule has 8 heteroatoms. The van der Waals surface area contributed by atoms with Crippen molar-refractivity contribution < 1.29 is 4.79 Å². The molecule has 0 aromatic carbocycles. The van der Waals surface area contributed by atoms with E-state index in [1.165, 1.54) is 11.3 Å². The van der Waals surface area contributed by atoms with Crippen LogP contribution in [0.15, 0.2) is 5.38 Å². The van der Waals surface area contributed by atoms with Crippen LogP contribution in [0.5, 0.6) is 0 Å². The van der Waals surface area contributed by atoms with Crippen LogP contribution in [0.25, 0.3) is 0 Å². The molecule has 0 aliphatic carbocycles. The molecule has 0 fully saturated rings. The summed E-state index contributed by atoms with van der Waals surface area (Å²) in [7, 11) is 1.75. The summed E-state index contributed by atoms with van der Waals surface area (Å²) in [6.07, 6.45) is 0.992. The van der Waals surface area contributed by atoms with Crippen molar-refractivity contribution in [2.75, 3.05) is 24.6 Å². The van der Waals surface area contributed by atoms with Gasteiger partial charge in [0, 0.05) is 19.0 Å². The molecule has 0 atom stereocenters. The largest absolute Gasteiger partial charge is 0.382 e. The van der Waals surface area contributed by atoms with Crippen molar-refractivity contribution in [1.29, 1.82) is 0 Å². The van der Waals surface area contributed by atoms with Gasteiger partial charge in [0.25, 0.3) is 5.91 Å². The molecular formula is C13H19N5OS2. The maximum atomic E-state index is 12.4. The first-order chi connectivity index (χ1) is 10.0. The zero-order chi connectivity index (χ0) is 15.4. The normalized spacial score (nSPS) is 10.6. The number of aryl methyl sites for hydroxylation is 1. The Morgan fingerprint density at radius 1 is 1.48 bits per heavy atom. The van der Waals surface area contributed by atoms with E-state index in [1.54, 1.807) is 23.3 Å². The standard InChI is InChI=1S/C13H19N5OS2/c1-4-5-15-13-17-11(14)10(21-13)12(19)18(3)6-9-7-20-8(2)16-9/h7H,4-6,14H2,1-3H3,(H,15,17). The molecule has 0 bridgehead atoms. The maximum absolute atomic E-state index is 12.4. The van der Waals surface area contributed by atoms with E-state index >= 15 is 0 Å². The summed E-state index contributed by atoms with van der Waals surface area (Å²) in [5.41, 5.74) is 6.74. The first-order valence-electron chi connectivity index (χ1n) is 6.68. The summed E-state index contributed by atoms with van der Waals surface area (Å²) in [5.74, 6) is 0.158. The maximum Gasteiger partial charge on any atom is 0.267 e. The smallest absolute Gasteiger partial charge is 0.267 e. The van der Waals surface area contributed by atoms with Gasteiger partial charge in [0.2, 0.25) is 0 Å². The van der Waals surface area contributed by atoms with Crippen LogP contribution in [0, 0.1) is 6.92 Å². The number of rotatable bonds is 6. The van der Waals surface area contributed by atoms with Gasteiger partial charge in [0.05, 0.1) is 17.2 Å². The number of nitrogen functional groups attached to an aromatic ring is 1. The zero-order valence-corrected chi connectivity index (χ0v) is 14.0. The molecule has 2 rings (SSSR count). The number of amides is 1. The number of hydrogen-bond acceptors (Lipinski definition) is 7. The minimum absolute atomic E-state index is 0.125. The molecule has 0 aliphatic rings. The third kappa shape index (κ3) is 3.92. The zero-order valence-electron chi connectivity index (χ0n) is 12.3. The summed E-state index contributed by atoms with van der Waals surface area (Å²) in [5, 5.41) is 6.80. The van der Waals surface area contributed by atoms with E-state index in [4.69, 9.17) is 5.73 Å². The van der Waals surface area contributed by atoms with Gasteiger partial charge in [-0.1, -0.05) is 18.3 Å². The molecule has 3 N–H and O–H groups in total. The summed E-state index contributed by atoms with van der Waals surface area (Å²) in [6, 6.07) is 0. The number of aromatic nitrogens is 2. The topological polar surface area (TPSA) is 84.1 Å².